The SMILES string of the molecule is CC/C=C\C/C=C\C/C=C\C/C=C\C/C=C\CCOCC(CO)OC(=O)CCCCCCCCCCC. The second-order valence-corrected chi connectivity index (χ2v) is 9.44. The molecule has 0 aromatic carbocycles. The van der Waals surface area contributed by atoms with Crippen LogP contribution in [0.4, 0.5) is 0 Å². The van der Waals surface area contributed by atoms with Crippen LogP contribution in [-0.4, -0.2) is 37.0 Å². The molecular formula is C33H56O4. The fourth-order valence-corrected chi connectivity index (χ4v) is 3.68. The highest BCUT2D eigenvalue weighted by Gasteiger charge is 2.13. The Morgan fingerprint density at radius 2 is 1.16 bits per heavy atom. The van der Waals surface area contributed by atoms with Crippen molar-refractivity contribution in [3.05, 3.63) is 60.8 Å². The van der Waals surface area contributed by atoms with Crippen molar-refractivity contribution in [3.8, 4) is 0 Å². The van der Waals surface area contributed by atoms with Crippen LogP contribution in [0.15, 0.2) is 60.8 Å². The monoisotopic (exact) mass is 516 g/mol. The molecule has 0 rings (SSSR count). The highest BCUT2D eigenvalue weighted by Crippen LogP contribution is 2.11. The first-order chi connectivity index (χ1) is 18.2. The zero-order chi connectivity index (χ0) is 27.1. The van der Waals surface area contributed by atoms with Crippen LogP contribution in [0, 0.1) is 0 Å². The molecule has 1 atom stereocenters. The summed E-state index contributed by atoms with van der Waals surface area (Å²) >= 11 is 0. The molecule has 0 aliphatic heterocycles. The Bertz CT molecular complexity index is 630. The predicted molar refractivity (Wildman–Crippen MR) is 159 cm³/mol. The van der Waals surface area contributed by atoms with Crippen LogP contribution in [0.3, 0.4) is 0 Å². The summed E-state index contributed by atoms with van der Waals surface area (Å²) in [6.07, 6.45) is 38.4. The molecule has 212 valence electrons. The Morgan fingerprint density at radius 1 is 0.676 bits per heavy atom. The van der Waals surface area contributed by atoms with Crippen LogP contribution in [0.1, 0.15) is 117 Å². The van der Waals surface area contributed by atoms with E-state index in [0.717, 1.165) is 51.4 Å². The number of hydrogen-bond acceptors (Lipinski definition) is 4. The van der Waals surface area contributed by atoms with Crippen molar-refractivity contribution in [2.75, 3.05) is 19.8 Å². The minimum atomic E-state index is -0.570. The molecular weight excluding hydrogens is 460 g/mol. The van der Waals surface area contributed by atoms with E-state index in [1.54, 1.807) is 0 Å². The molecule has 0 bridgehead atoms. The first-order valence-corrected chi connectivity index (χ1v) is 14.9. The topological polar surface area (TPSA) is 55.8 Å². The number of rotatable bonds is 26. The molecule has 0 heterocycles. The highest BCUT2D eigenvalue weighted by atomic mass is 16.6. The fourth-order valence-electron chi connectivity index (χ4n) is 3.68. The fraction of sp³-hybridized carbons (Fsp3) is 0.667. The van der Waals surface area contributed by atoms with Crippen molar-refractivity contribution in [2.24, 2.45) is 0 Å². The van der Waals surface area contributed by atoms with Crippen LogP contribution in [-0.2, 0) is 14.3 Å². The number of esters is 1. The van der Waals surface area contributed by atoms with Crippen LogP contribution in [0.5, 0.6) is 0 Å². The number of aliphatic hydroxyl groups excluding tert-OH is 1. The van der Waals surface area contributed by atoms with Gasteiger partial charge < -0.3 is 14.6 Å². The number of allylic oxidation sites excluding steroid dienone is 9. The normalized spacial score (nSPS) is 13.3. The Morgan fingerprint density at radius 3 is 1.68 bits per heavy atom. The van der Waals surface area contributed by atoms with Gasteiger partial charge in [0.05, 0.1) is 19.8 Å². The average molecular weight is 517 g/mol. The van der Waals surface area contributed by atoms with Gasteiger partial charge in [-0.1, -0.05) is 126 Å². The molecule has 0 saturated heterocycles. The molecule has 4 nitrogen and oxygen atoms in total. The summed E-state index contributed by atoms with van der Waals surface area (Å²) in [5, 5.41) is 9.46. The summed E-state index contributed by atoms with van der Waals surface area (Å²) in [6, 6.07) is 0. The third-order valence-corrected chi connectivity index (χ3v) is 5.88. The summed E-state index contributed by atoms with van der Waals surface area (Å²) in [4.78, 5) is 12.0. The maximum atomic E-state index is 12.0. The maximum Gasteiger partial charge on any atom is 0.306 e. The standard InChI is InChI=1S/C33H56O4/c1-3-5-7-9-11-13-14-15-16-17-18-19-21-23-25-27-29-36-31-32(30-34)37-33(35)28-26-24-22-20-12-10-8-6-4-2/h5,7,11,13,15-16,18-19,23,25,32,34H,3-4,6,8-10,12,14,17,20-22,24,26-31H2,1-2H3/b7-5-,13-11-,16-15-,19-18-,25-23-. The molecule has 0 fully saturated rings. The maximum absolute atomic E-state index is 12.0. The van der Waals surface area contributed by atoms with Crippen molar-refractivity contribution in [3.63, 3.8) is 0 Å². The molecule has 0 aliphatic rings. The van der Waals surface area contributed by atoms with Gasteiger partial charge in [0.25, 0.3) is 0 Å². The molecule has 4 heteroatoms. The van der Waals surface area contributed by atoms with Gasteiger partial charge in [-0.2, -0.15) is 0 Å². The quantitative estimate of drug-likeness (QED) is 0.0708. The van der Waals surface area contributed by atoms with E-state index in [0.29, 0.717) is 13.0 Å². The van der Waals surface area contributed by atoms with Crippen LogP contribution < -0.4 is 0 Å². The zero-order valence-corrected chi connectivity index (χ0v) is 24.0. The van der Waals surface area contributed by atoms with Crippen molar-refractivity contribution in [1.29, 1.82) is 0 Å². The third-order valence-electron chi connectivity index (χ3n) is 5.88. The first-order valence-electron chi connectivity index (χ1n) is 14.9. The van der Waals surface area contributed by atoms with Crippen molar-refractivity contribution < 1.29 is 19.4 Å². The van der Waals surface area contributed by atoms with Crippen LogP contribution >= 0.6 is 0 Å². The Hall–Kier alpha value is -1.91. The van der Waals surface area contributed by atoms with E-state index in [-0.39, 0.29) is 19.2 Å². The second kappa shape index (κ2) is 30.3. The van der Waals surface area contributed by atoms with Crippen molar-refractivity contribution in [1.82, 2.24) is 0 Å². The molecule has 0 aliphatic carbocycles. The lowest BCUT2D eigenvalue weighted by Gasteiger charge is -2.15. The van der Waals surface area contributed by atoms with Crippen molar-refractivity contribution >= 4 is 5.97 Å². The van der Waals surface area contributed by atoms with Gasteiger partial charge >= 0.3 is 5.97 Å². The number of hydrogen-bond donors (Lipinski definition) is 1. The number of ether oxygens (including phenoxy) is 2. The Balaban J connectivity index is 3.64. The van der Waals surface area contributed by atoms with E-state index < -0.39 is 6.10 Å². The molecule has 0 spiro atoms. The van der Waals surface area contributed by atoms with E-state index in [4.69, 9.17) is 9.47 Å². The molecule has 0 radical (unpaired) electrons. The van der Waals surface area contributed by atoms with Crippen molar-refractivity contribution in [2.45, 2.75) is 123 Å². The number of unbranched alkanes of at least 4 members (excludes halogenated alkanes) is 8. The van der Waals surface area contributed by atoms with Crippen LogP contribution in [0.25, 0.3) is 0 Å². The third kappa shape index (κ3) is 28.5. The molecule has 1 N–H and O–H groups in total. The molecule has 0 saturated carbocycles. The Kier molecular flexibility index (Phi) is 28.7. The lowest BCUT2D eigenvalue weighted by molar-refractivity contribution is -0.154. The van der Waals surface area contributed by atoms with E-state index in [1.807, 2.05) is 0 Å². The van der Waals surface area contributed by atoms with Gasteiger partial charge in [0, 0.05) is 6.42 Å². The second-order valence-electron chi connectivity index (χ2n) is 9.44. The number of carbonyl (C=O) groups is 1. The van der Waals surface area contributed by atoms with Gasteiger partial charge in [-0.05, 0) is 44.9 Å². The summed E-state index contributed by atoms with van der Waals surface area (Å²) in [5.41, 5.74) is 0. The highest BCUT2D eigenvalue weighted by molar-refractivity contribution is 5.69. The van der Waals surface area contributed by atoms with E-state index in [2.05, 4.69) is 74.6 Å². The van der Waals surface area contributed by atoms with Gasteiger partial charge in [0.2, 0.25) is 0 Å². The summed E-state index contributed by atoms with van der Waals surface area (Å²) < 4.78 is 10.9. The van der Waals surface area contributed by atoms with E-state index in [1.165, 1.54) is 44.9 Å². The first kappa shape index (κ1) is 35.1. The molecule has 0 amide bonds. The lowest BCUT2D eigenvalue weighted by atomic mass is 10.1. The molecule has 37 heavy (non-hydrogen) atoms. The summed E-state index contributed by atoms with van der Waals surface area (Å²) in [6.45, 7) is 4.98. The average Bonchev–Trinajstić information content (AvgIpc) is 2.90. The zero-order valence-electron chi connectivity index (χ0n) is 24.0. The van der Waals surface area contributed by atoms with Gasteiger partial charge in [-0.15, -0.1) is 0 Å². The van der Waals surface area contributed by atoms with E-state index >= 15 is 0 Å². The lowest BCUT2D eigenvalue weighted by Crippen LogP contribution is -2.27. The molecule has 0 aromatic rings. The van der Waals surface area contributed by atoms with Gasteiger partial charge in [-0.25, -0.2) is 0 Å². The van der Waals surface area contributed by atoms with Gasteiger partial charge in [0.1, 0.15) is 6.10 Å². The summed E-state index contributed by atoms with van der Waals surface area (Å²) in [5.74, 6) is -0.233. The smallest absolute Gasteiger partial charge is 0.306 e. The Labute approximate surface area is 228 Å². The molecule has 1 unspecified atom stereocenters. The summed E-state index contributed by atoms with van der Waals surface area (Å²) in [7, 11) is 0. The molecule has 0 aromatic heterocycles. The minimum Gasteiger partial charge on any atom is -0.457 e. The predicted octanol–water partition coefficient (Wildman–Crippen LogP) is 8.97. The van der Waals surface area contributed by atoms with E-state index in [9.17, 15) is 9.90 Å². The van der Waals surface area contributed by atoms with Crippen LogP contribution in [0.2, 0.25) is 0 Å². The minimum absolute atomic E-state index is 0.203. The number of aliphatic hydroxyl groups is 1. The van der Waals surface area contributed by atoms with Gasteiger partial charge in [-0.3, -0.25) is 4.79 Å². The largest absolute Gasteiger partial charge is 0.457 e. The number of carbonyl (C=O) groups excluding carboxylic acids is 1. The van der Waals surface area contributed by atoms with Gasteiger partial charge in [0.15, 0.2) is 0 Å².